The summed E-state index contributed by atoms with van der Waals surface area (Å²) in [7, 11) is -2.20. The lowest BCUT2D eigenvalue weighted by atomic mass is 10.0. The van der Waals surface area contributed by atoms with E-state index < -0.39 is 7.14 Å². The highest BCUT2D eigenvalue weighted by molar-refractivity contribution is 7.64. The molecule has 0 fully saturated rings. The van der Waals surface area contributed by atoms with Crippen molar-refractivity contribution in [1.29, 1.82) is 0 Å². The molecule has 0 rings (SSSR count). The van der Waals surface area contributed by atoms with Gasteiger partial charge in [-0.15, -0.1) is 0 Å². The molecule has 0 aromatic rings. The molecular weight excluding hydrogens is 541 g/mol. The summed E-state index contributed by atoms with van der Waals surface area (Å²) >= 11 is 0. The molecule has 0 aliphatic heterocycles. The fraction of sp³-hybridized carbons (Fsp3) is 1.00. The van der Waals surface area contributed by atoms with E-state index in [4.69, 9.17) is 0 Å². The minimum atomic E-state index is -2.20. The molecule has 2 nitrogen and oxygen atoms in total. The van der Waals surface area contributed by atoms with Crippen LogP contribution in [0.5, 0.6) is 0 Å². The quantitative estimate of drug-likeness (QED) is 0.0549. The van der Waals surface area contributed by atoms with Crippen LogP contribution in [0.15, 0.2) is 0 Å². The Kier molecular flexibility index (Phi) is 35.2. The Labute approximate surface area is 274 Å². The van der Waals surface area contributed by atoms with Gasteiger partial charge in [-0.05, 0) is 32.2 Å². The molecule has 0 amide bonds. The first kappa shape index (κ1) is 43.2. The van der Waals surface area contributed by atoms with Crippen LogP contribution in [0.1, 0.15) is 233 Å². The van der Waals surface area contributed by atoms with Crippen LogP contribution in [0.3, 0.4) is 0 Å². The van der Waals surface area contributed by atoms with Crippen LogP contribution in [-0.4, -0.2) is 24.7 Å². The second kappa shape index (κ2) is 35.1. The van der Waals surface area contributed by atoms with Crippen molar-refractivity contribution in [2.24, 2.45) is 0 Å². The first-order valence-electron chi connectivity index (χ1n) is 20.5. The van der Waals surface area contributed by atoms with Gasteiger partial charge in [-0.25, -0.2) is 0 Å². The van der Waals surface area contributed by atoms with Crippen LogP contribution in [-0.2, 0) is 4.57 Å². The molecule has 0 spiro atoms. The highest BCUT2D eigenvalue weighted by Crippen LogP contribution is 2.53. The average Bonchev–Trinajstić information content (AvgIpc) is 3.01. The first-order valence-corrected chi connectivity index (χ1v) is 22.6. The number of rotatable bonds is 37. The van der Waals surface area contributed by atoms with Crippen LogP contribution in [0.2, 0.25) is 0 Å². The Balaban J connectivity index is 4.59. The van der Waals surface area contributed by atoms with E-state index >= 15 is 0 Å². The van der Waals surface area contributed by atoms with Crippen molar-refractivity contribution in [3.05, 3.63) is 0 Å². The molecule has 1 atom stereocenters. The lowest BCUT2D eigenvalue weighted by Crippen LogP contribution is -2.32. The molecule has 0 aromatic carbocycles. The molecule has 0 radical (unpaired) electrons. The monoisotopic (exact) mass is 626 g/mol. The average molecular weight is 626 g/mol. The van der Waals surface area contributed by atoms with E-state index in [-0.39, 0.29) is 5.78 Å². The molecule has 3 heteroatoms. The summed E-state index contributed by atoms with van der Waals surface area (Å²) < 4.78 is 14.7. The van der Waals surface area contributed by atoms with Gasteiger partial charge in [0.1, 0.15) is 7.14 Å². The van der Waals surface area contributed by atoms with E-state index in [9.17, 15) is 4.57 Å². The number of hydrogen-bond donors (Lipinski definition) is 1. The van der Waals surface area contributed by atoms with Crippen LogP contribution < -0.4 is 5.32 Å². The molecule has 1 unspecified atom stereocenters. The first-order chi connectivity index (χ1) is 21.1. The Hall–Kier alpha value is 0.190. The highest BCUT2D eigenvalue weighted by Gasteiger charge is 2.31. The fourth-order valence-electron chi connectivity index (χ4n) is 6.78. The predicted molar refractivity (Wildman–Crippen MR) is 200 cm³/mol. The minimum absolute atomic E-state index is 0.280. The van der Waals surface area contributed by atoms with Gasteiger partial charge in [0, 0.05) is 12.3 Å². The summed E-state index contributed by atoms with van der Waals surface area (Å²) in [6, 6.07) is 0. The van der Waals surface area contributed by atoms with Crippen molar-refractivity contribution in [2.75, 3.05) is 18.9 Å². The number of hydrogen-bond acceptors (Lipinski definition) is 2. The normalized spacial score (nSPS) is 12.7. The largest absolute Gasteiger partial charge is 0.322 e. The van der Waals surface area contributed by atoms with E-state index in [0.29, 0.717) is 0 Å². The maximum Gasteiger partial charge on any atom is 0.104 e. The van der Waals surface area contributed by atoms with E-state index in [1.807, 2.05) is 0 Å². The smallest absolute Gasteiger partial charge is 0.104 e. The lowest BCUT2D eigenvalue weighted by Gasteiger charge is -2.30. The molecule has 0 bridgehead atoms. The molecular formula is C40H84NOP. The van der Waals surface area contributed by atoms with Gasteiger partial charge in [0.25, 0.3) is 0 Å². The summed E-state index contributed by atoms with van der Waals surface area (Å²) in [5.74, 6) is 0.280. The Morgan fingerprint density at radius 1 is 0.372 bits per heavy atom. The van der Waals surface area contributed by atoms with Gasteiger partial charge >= 0.3 is 0 Å². The van der Waals surface area contributed by atoms with Crippen LogP contribution in [0, 0.1) is 0 Å². The van der Waals surface area contributed by atoms with Crippen molar-refractivity contribution in [1.82, 2.24) is 5.32 Å². The highest BCUT2D eigenvalue weighted by atomic mass is 31.2. The van der Waals surface area contributed by atoms with Crippen molar-refractivity contribution in [3.8, 4) is 0 Å². The second-order valence-electron chi connectivity index (χ2n) is 14.2. The Morgan fingerprint density at radius 3 is 1.00 bits per heavy atom. The summed E-state index contributed by atoms with van der Waals surface area (Å²) in [6.45, 7) is 10.3. The lowest BCUT2D eigenvalue weighted by molar-refractivity contribution is 0.484. The van der Waals surface area contributed by atoms with Gasteiger partial charge in [0.2, 0.25) is 0 Å². The van der Waals surface area contributed by atoms with E-state index in [0.717, 1.165) is 25.3 Å². The second-order valence-corrected chi connectivity index (χ2v) is 17.6. The zero-order valence-corrected chi connectivity index (χ0v) is 31.6. The van der Waals surface area contributed by atoms with Crippen LogP contribution in [0.4, 0.5) is 0 Å². The Morgan fingerprint density at radius 2 is 0.651 bits per heavy atom. The molecule has 0 aromatic heterocycles. The van der Waals surface area contributed by atoms with Gasteiger partial charge in [0.05, 0.1) is 5.78 Å². The SMILES string of the molecule is CCCCCCCCCCCCCCCCNC(CCCCCCC)P(=O)(CCCCCCCC)CCCCCCCC. The van der Waals surface area contributed by atoms with Crippen LogP contribution >= 0.6 is 7.14 Å². The molecule has 0 saturated carbocycles. The summed E-state index contributed by atoms with van der Waals surface area (Å²) in [5.41, 5.74) is 0. The minimum Gasteiger partial charge on any atom is -0.322 e. The molecule has 43 heavy (non-hydrogen) atoms. The van der Waals surface area contributed by atoms with E-state index in [1.54, 1.807) is 0 Å². The number of nitrogens with one attached hydrogen (secondary N) is 1. The van der Waals surface area contributed by atoms with Gasteiger partial charge in [-0.3, -0.25) is 0 Å². The third kappa shape index (κ3) is 29.3. The molecule has 0 saturated heterocycles. The maximum absolute atomic E-state index is 14.7. The molecule has 1 N–H and O–H groups in total. The summed E-state index contributed by atoms with van der Waals surface area (Å²) in [6.07, 6.45) is 45.1. The molecule has 0 aliphatic carbocycles. The van der Waals surface area contributed by atoms with Gasteiger partial charge in [0.15, 0.2) is 0 Å². The zero-order valence-electron chi connectivity index (χ0n) is 30.7. The van der Waals surface area contributed by atoms with Crippen molar-refractivity contribution in [2.45, 2.75) is 239 Å². The van der Waals surface area contributed by atoms with Gasteiger partial charge in [-0.2, -0.15) is 0 Å². The predicted octanol–water partition coefficient (Wildman–Crippen LogP) is 14.8. The van der Waals surface area contributed by atoms with Crippen molar-refractivity contribution >= 4 is 7.14 Å². The number of unbranched alkanes of at least 4 members (excludes halogenated alkanes) is 27. The standard InChI is InChI=1S/C40H84NOP/c1-5-9-13-17-20-21-22-23-24-25-26-27-29-33-37-41-40(36-32-28-16-12-8-4)43(42,38-34-30-18-14-10-6-2)39-35-31-19-15-11-7-3/h40-41H,5-39H2,1-4H3. The van der Waals surface area contributed by atoms with Crippen LogP contribution in [0.25, 0.3) is 0 Å². The third-order valence-corrected chi connectivity index (χ3v) is 13.6. The van der Waals surface area contributed by atoms with E-state index in [2.05, 4.69) is 33.0 Å². The Bertz CT molecular complexity index is 545. The third-order valence-electron chi connectivity index (χ3n) is 9.84. The zero-order chi connectivity index (χ0) is 31.5. The fourth-order valence-corrected chi connectivity index (χ4v) is 10.3. The molecule has 260 valence electrons. The van der Waals surface area contributed by atoms with Gasteiger partial charge < -0.3 is 9.88 Å². The van der Waals surface area contributed by atoms with Crippen molar-refractivity contribution in [3.63, 3.8) is 0 Å². The molecule has 0 aliphatic rings. The summed E-state index contributed by atoms with van der Waals surface area (Å²) in [5, 5.41) is 3.95. The summed E-state index contributed by atoms with van der Waals surface area (Å²) in [4.78, 5) is 0. The maximum atomic E-state index is 14.7. The van der Waals surface area contributed by atoms with Gasteiger partial charge in [-0.1, -0.05) is 207 Å². The molecule has 0 heterocycles. The van der Waals surface area contributed by atoms with E-state index in [1.165, 1.54) is 199 Å². The van der Waals surface area contributed by atoms with Crippen molar-refractivity contribution < 1.29 is 4.57 Å². The topological polar surface area (TPSA) is 29.1 Å².